The van der Waals surface area contributed by atoms with Gasteiger partial charge >= 0.3 is 0 Å². The number of para-hydroxylation sites is 2. The van der Waals surface area contributed by atoms with E-state index in [-0.39, 0.29) is 5.91 Å². The third-order valence-corrected chi connectivity index (χ3v) is 2.23. The Morgan fingerprint density at radius 3 is 2.65 bits per heavy atom. The summed E-state index contributed by atoms with van der Waals surface area (Å²) in [4.78, 5) is 11.2. The van der Waals surface area contributed by atoms with Gasteiger partial charge in [-0.05, 0) is 18.6 Å². The number of nitrogens with one attached hydrogen (secondary N) is 1. The molecule has 0 bridgehead atoms. The first kappa shape index (κ1) is 13.4. The highest BCUT2D eigenvalue weighted by atomic mass is 16.5. The van der Waals surface area contributed by atoms with Crippen LogP contribution in [0.5, 0.6) is 11.5 Å². The molecule has 1 rings (SSSR count). The molecule has 0 radical (unpaired) electrons. The quantitative estimate of drug-likeness (QED) is 0.738. The van der Waals surface area contributed by atoms with E-state index in [9.17, 15) is 4.79 Å². The van der Waals surface area contributed by atoms with Crippen LogP contribution in [0.3, 0.4) is 0 Å². The van der Waals surface area contributed by atoms with Crippen molar-refractivity contribution >= 4 is 5.91 Å². The maximum atomic E-state index is 11.2. The molecule has 17 heavy (non-hydrogen) atoms. The largest absolute Gasteiger partial charge is 0.493 e. The Bertz CT molecular complexity index is 352. The molecule has 1 aromatic carbocycles. The lowest BCUT2D eigenvalue weighted by Crippen LogP contribution is -2.27. The van der Waals surface area contributed by atoms with Gasteiger partial charge in [0.05, 0.1) is 13.7 Å². The van der Waals surface area contributed by atoms with Crippen LogP contribution in [0.25, 0.3) is 0 Å². The minimum absolute atomic E-state index is 0.0659. The van der Waals surface area contributed by atoms with Crippen LogP contribution in [0.15, 0.2) is 24.3 Å². The average molecular weight is 237 g/mol. The zero-order valence-corrected chi connectivity index (χ0v) is 10.4. The highest BCUT2D eigenvalue weighted by Crippen LogP contribution is 2.25. The Morgan fingerprint density at radius 1 is 1.29 bits per heavy atom. The minimum Gasteiger partial charge on any atom is -0.493 e. The molecular weight excluding hydrogens is 218 g/mol. The van der Waals surface area contributed by atoms with Crippen molar-refractivity contribution in [2.24, 2.45) is 0 Å². The van der Waals surface area contributed by atoms with Crippen molar-refractivity contribution in [3.05, 3.63) is 24.3 Å². The molecule has 4 heteroatoms. The van der Waals surface area contributed by atoms with Crippen LogP contribution in [0, 0.1) is 0 Å². The van der Waals surface area contributed by atoms with Gasteiger partial charge in [0.15, 0.2) is 11.5 Å². The van der Waals surface area contributed by atoms with Crippen molar-refractivity contribution in [2.45, 2.75) is 19.8 Å². The molecule has 1 N–H and O–H groups in total. The number of methoxy groups -OCH3 is 1. The van der Waals surface area contributed by atoms with Crippen LogP contribution in [-0.2, 0) is 4.79 Å². The summed E-state index contributed by atoms with van der Waals surface area (Å²) in [6, 6.07) is 7.44. The van der Waals surface area contributed by atoms with E-state index >= 15 is 0 Å². The van der Waals surface area contributed by atoms with Crippen LogP contribution in [0.4, 0.5) is 0 Å². The summed E-state index contributed by atoms with van der Waals surface area (Å²) in [5, 5.41) is 2.79. The Kier molecular flexibility index (Phi) is 5.93. The fourth-order valence-electron chi connectivity index (χ4n) is 1.40. The number of hydrogen-bond donors (Lipinski definition) is 1. The number of ether oxygens (including phenoxy) is 2. The Hall–Kier alpha value is -1.71. The van der Waals surface area contributed by atoms with Gasteiger partial charge in [0.2, 0.25) is 5.91 Å². The SMILES string of the molecule is CCCC(=O)NCCOc1ccccc1OC. The first-order chi connectivity index (χ1) is 8.27. The summed E-state index contributed by atoms with van der Waals surface area (Å²) >= 11 is 0. The standard InChI is InChI=1S/C13H19NO3/c1-3-6-13(15)14-9-10-17-12-8-5-4-7-11(12)16-2/h4-5,7-8H,3,6,9-10H2,1-2H3,(H,14,15). The van der Waals surface area contributed by atoms with E-state index in [4.69, 9.17) is 9.47 Å². The normalized spacial score (nSPS) is 9.76. The van der Waals surface area contributed by atoms with Gasteiger partial charge in [-0.1, -0.05) is 19.1 Å². The number of hydrogen-bond acceptors (Lipinski definition) is 3. The smallest absolute Gasteiger partial charge is 0.220 e. The van der Waals surface area contributed by atoms with Crippen molar-refractivity contribution in [3.8, 4) is 11.5 Å². The number of carbonyl (C=O) groups excluding carboxylic acids is 1. The molecule has 0 aliphatic heterocycles. The summed E-state index contributed by atoms with van der Waals surface area (Å²) < 4.78 is 10.7. The second kappa shape index (κ2) is 7.54. The van der Waals surface area contributed by atoms with Crippen molar-refractivity contribution in [1.29, 1.82) is 0 Å². The Labute approximate surface area is 102 Å². The van der Waals surface area contributed by atoms with Crippen LogP contribution in [0.1, 0.15) is 19.8 Å². The second-order valence-corrected chi connectivity index (χ2v) is 3.60. The molecule has 4 nitrogen and oxygen atoms in total. The van der Waals surface area contributed by atoms with Crippen LogP contribution in [-0.4, -0.2) is 26.2 Å². The number of benzene rings is 1. The van der Waals surface area contributed by atoms with E-state index in [0.717, 1.165) is 6.42 Å². The average Bonchev–Trinajstić information content (AvgIpc) is 2.35. The molecule has 0 aliphatic rings. The summed E-state index contributed by atoms with van der Waals surface area (Å²) in [7, 11) is 1.60. The van der Waals surface area contributed by atoms with Gasteiger partial charge in [-0.15, -0.1) is 0 Å². The third kappa shape index (κ3) is 4.76. The van der Waals surface area contributed by atoms with Crippen molar-refractivity contribution in [1.82, 2.24) is 5.32 Å². The highest BCUT2D eigenvalue weighted by molar-refractivity contribution is 5.75. The Morgan fingerprint density at radius 2 is 2.00 bits per heavy atom. The Balaban J connectivity index is 2.28. The van der Waals surface area contributed by atoms with Crippen molar-refractivity contribution < 1.29 is 14.3 Å². The molecule has 0 spiro atoms. The van der Waals surface area contributed by atoms with Gasteiger partial charge in [-0.2, -0.15) is 0 Å². The van der Waals surface area contributed by atoms with Crippen LogP contribution < -0.4 is 14.8 Å². The van der Waals surface area contributed by atoms with E-state index in [1.54, 1.807) is 7.11 Å². The maximum Gasteiger partial charge on any atom is 0.220 e. The highest BCUT2D eigenvalue weighted by Gasteiger charge is 2.02. The molecule has 0 saturated heterocycles. The fourth-order valence-corrected chi connectivity index (χ4v) is 1.40. The molecule has 94 valence electrons. The molecular formula is C13H19NO3. The van der Waals surface area contributed by atoms with E-state index in [2.05, 4.69) is 5.32 Å². The summed E-state index contributed by atoms with van der Waals surface area (Å²) in [5.74, 6) is 1.46. The molecule has 0 fully saturated rings. The molecule has 0 heterocycles. The minimum atomic E-state index is 0.0659. The molecule has 0 aromatic heterocycles. The number of rotatable bonds is 7. The lowest BCUT2D eigenvalue weighted by atomic mass is 10.3. The number of amides is 1. The first-order valence-corrected chi connectivity index (χ1v) is 5.80. The molecule has 0 aliphatic carbocycles. The fraction of sp³-hybridized carbons (Fsp3) is 0.462. The van der Waals surface area contributed by atoms with Gasteiger partial charge in [0, 0.05) is 6.42 Å². The molecule has 1 aromatic rings. The zero-order valence-electron chi connectivity index (χ0n) is 10.4. The monoisotopic (exact) mass is 237 g/mol. The van der Waals surface area contributed by atoms with Crippen LogP contribution >= 0.6 is 0 Å². The topological polar surface area (TPSA) is 47.6 Å². The lowest BCUT2D eigenvalue weighted by molar-refractivity contribution is -0.121. The van der Waals surface area contributed by atoms with E-state index in [0.29, 0.717) is 31.1 Å². The first-order valence-electron chi connectivity index (χ1n) is 5.80. The molecule has 0 saturated carbocycles. The van der Waals surface area contributed by atoms with Crippen molar-refractivity contribution in [3.63, 3.8) is 0 Å². The van der Waals surface area contributed by atoms with Crippen molar-refractivity contribution in [2.75, 3.05) is 20.3 Å². The second-order valence-electron chi connectivity index (χ2n) is 3.60. The van der Waals surface area contributed by atoms with E-state index in [1.165, 1.54) is 0 Å². The predicted molar refractivity (Wildman–Crippen MR) is 66.4 cm³/mol. The molecule has 0 unspecified atom stereocenters. The maximum absolute atomic E-state index is 11.2. The van der Waals surface area contributed by atoms with Gasteiger partial charge in [-0.3, -0.25) is 4.79 Å². The van der Waals surface area contributed by atoms with Gasteiger partial charge < -0.3 is 14.8 Å². The third-order valence-electron chi connectivity index (χ3n) is 2.23. The lowest BCUT2D eigenvalue weighted by Gasteiger charge is -2.10. The van der Waals surface area contributed by atoms with E-state index in [1.807, 2.05) is 31.2 Å². The molecule has 0 atom stereocenters. The zero-order chi connectivity index (χ0) is 12.5. The number of carbonyl (C=O) groups is 1. The summed E-state index contributed by atoms with van der Waals surface area (Å²) in [6.07, 6.45) is 1.42. The van der Waals surface area contributed by atoms with Gasteiger partial charge in [-0.25, -0.2) is 0 Å². The van der Waals surface area contributed by atoms with Crippen LogP contribution in [0.2, 0.25) is 0 Å². The van der Waals surface area contributed by atoms with Gasteiger partial charge in [0.1, 0.15) is 6.61 Å². The van der Waals surface area contributed by atoms with Gasteiger partial charge in [0.25, 0.3) is 0 Å². The molecule has 1 amide bonds. The summed E-state index contributed by atoms with van der Waals surface area (Å²) in [6.45, 7) is 2.93. The predicted octanol–water partition coefficient (Wildman–Crippen LogP) is 1.99. The summed E-state index contributed by atoms with van der Waals surface area (Å²) in [5.41, 5.74) is 0. The van der Waals surface area contributed by atoms with E-state index < -0.39 is 0 Å².